The fraction of sp³-hybridized carbons (Fsp3) is 0.889. The first-order valence-corrected chi connectivity index (χ1v) is 4.64. The molecule has 2 unspecified atom stereocenters. The Balaban J connectivity index is 2.46. The van der Waals surface area contributed by atoms with Gasteiger partial charge >= 0.3 is 0 Å². The van der Waals surface area contributed by atoms with E-state index in [1.807, 2.05) is 0 Å². The number of ether oxygens (including phenoxy) is 1. The van der Waals surface area contributed by atoms with Crippen molar-refractivity contribution in [3.05, 3.63) is 0 Å². The molecular weight excluding hydrogens is 170 g/mol. The highest BCUT2D eigenvalue weighted by molar-refractivity contribution is 5.80. The molecule has 0 saturated carbocycles. The van der Waals surface area contributed by atoms with Crippen molar-refractivity contribution in [1.82, 2.24) is 4.90 Å². The molecule has 76 valence electrons. The van der Waals surface area contributed by atoms with Crippen molar-refractivity contribution in [2.75, 3.05) is 20.2 Å². The van der Waals surface area contributed by atoms with Crippen LogP contribution in [0.2, 0.25) is 0 Å². The van der Waals surface area contributed by atoms with E-state index in [-0.39, 0.29) is 12.0 Å². The van der Waals surface area contributed by atoms with Gasteiger partial charge in [-0.25, -0.2) is 0 Å². The van der Waals surface area contributed by atoms with Gasteiger partial charge in [-0.15, -0.1) is 0 Å². The van der Waals surface area contributed by atoms with Crippen LogP contribution in [0.5, 0.6) is 0 Å². The van der Waals surface area contributed by atoms with E-state index in [4.69, 9.17) is 9.84 Å². The van der Waals surface area contributed by atoms with Gasteiger partial charge in [-0.3, -0.25) is 4.79 Å². The zero-order valence-electron chi connectivity index (χ0n) is 8.19. The Bertz CT molecular complexity index is 182. The minimum Gasteiger partial charge on any atom is -0.384 e. The normalized spacial score (nSPS) is 25.8. The quantitative estimate of drug-likeness (QED) is 0.662. The molecule has 1 fully saturated rings. The van der Waals surface area contributed by atoms with Gasteiger partial charge < -0.3 is 14.7 Å². The Hall–Kier alpha value is -0.610. The Morgan fingerprint density at radius 1 is 1.69 bits per heavy atom. The highest BCUT2D eigenvalue weighted by Gasteiger charge is 2.25. The predicted molar refractivity (Wildman–Crippen MR) is 48.3 cm³/mol. The first kappa shape index (κ1) is 10.5. The highest BCUT2D eigenvalue weighted by Crippen LogP contribution is 2.13. The molecule has 0 radical (unpaired) electrons. The van der Waals surface area contributed by atoms with Gasteiger partial charge in [0.05, 0.1) is 6.10 Å². The standard InChI is InChI=1S/C9H17NO3/c1-7(11)9(12)10-5-3-4-8(6-10)13-2/h7-8,11H,3-6H2,1-2H3. The molecule has 0 aromatic rings. The summed E-state index contributed by atoms with van der Waals surface area (Å²) in [5.41, 5.74) is 0. The van der Waals surface area contributed by atoms with Crippen LogP contribution in [0, 0.1) is 0 Å². The number of aliphatic hydroxyl groups is 1. The van der Waals surface area contributed by atoms with Crippen LogP contribution in [0.4, 0.5) is 0 Å². The maximum atomic E-state index is 11.4. The Morgan fingerprint density at radius 2 is 2.38 bits per heavy atom. The van der Waals surface area contributed by atoms with Crippen LogP contribution < -0.4 is 0 Å². The van der Waals surface area contributed by atoms with Gasteiger partial charge in [-0.1, -0.05) is 0 Å². The van der Waals surface area contributed by atoms with E-state index in [1.165, 1.54) is 6.92 Å². The van der Waals surface area contributed by atoms with Gasteiger partial charge in [-0.05, 0) is 19.8 Å². The van der Waals surface area contributed by atoms with Crippen molar-refractivity contribution in [3.63, 3.8) is 0 Å². The monoisotopic (exact) mass is 187 g/mol. The summed E-state index contributed by atoms with van der Waals surface area (Å²) in [5.74, 6) is -0.193. The average Bonchev–Trinajstić information content (AvgIpc) is 2.16. The van der Waals surface area contributed by atoms with Crippen LogP contribution in [-0.2, 0) is 9.53 Å². The lowest BCUT2D eigenvalue weighted by atomic mass is 10.1. The van der Waals surface area contributed by atoms with Gasteiger partial charge in [-0.2, -0.15) is 0 Å². The lowest BCUT2D eigenvalue weighted by Crippen LogP contribution is -2.46. The third kappa shape index (κ3) is 2.67. The molecular formula is C9H17NO3. The molecule has 0 spiro atoms. The SMILES string of the molecule is COC1CCCN(C(=O)C(C)O)C1. The van der Waals surface area contributed by atoms with Crippen molar-refractivity contribution >= 4 is 5.91 Å². The molecule has 2 atom stereocenters. The molecule has 1 rings (SSSR count). The topological polar surface area (TPSA) is 49.8 Å². The number of aliphatic hydroxyl groups excluding tert-OH is 1. The number of hydrogen-bond acceptors (Lipinski definition) is 3. The van der Waals surface area contributed by atoms with Crippen molar-refractivity contribution in [3.8, 4) is 0 Å². The molecule has 1 N–H and O–H groups in total. The van der Waals surface area contributed by atoms with Crippen LogP contribution in [-0.4, -0.2) is 48.3 Å². The maximum absolute atomic E-state index is 11.4. The number of methoxy groups -OCH3 is 1. The van der Waals surface area contributed by atoms with E-state index in [0.717, 1.165) is 19.4 Å². The fourth-order valence-corrected chi connectivity index (χ4v) is 1.59. The maximum Gasteiger partial charge on any atom is 0.251 e. The first-order valence-electron chi connectivity index (χ1n) is 4.64. The number of amides is 1. The summed E-state index contributed by atoms with van der Waals surface area (Å²) in [6.45, 7) is 2.85. The van der Waals surface area contributed by atoms with E-state index in [1.54, 1.807) is 12.0 Å². The minimum atomic E-state index is -0.893. The van der Waals surface area contributed by atoms with Gasteiger partial charge in [0.1, 0.15) is 6.10 Å². The molecule has 1 aliphatic rings. The van der Waals surface area contributed by atoms with E-state index < -0.39 is 6.10 Å². The highest BCUT2D eigenvalue weighted by atomic mass is 16.5. The summed E-state index contributed by atoms with van der Waals surface area (Å²) in [7, 11) is 1.65. The molecule has 1 aliphatic heterocycles. The van der Waals surface area contributed by atoms with E-state index in [9.17, 15) is 4.79 Å². The molecule has 0 aromatic heterocycles. The fourth-order valence-electron chi connectivity index (χ4n) is 1.59. The first-order chi connectivity index (χ1) is 6.15. The number of carbonyl (C=O) groups is 1. The average molecular weight is 187 g/mol. The summed E-state index contributed by atoms with van der Waals surface area (Å²) in [6, 6.07) is 0. The molecule has 13 heavy (non-hydrogen) atoms. The lowest BCUT2D eigenvalue weighted by molar-refractivity contribution is -0.142. The summed E-state index contributed by atoms with van der Waals surface area (Å²) >= 11 is 0. The van der Waals surface area contributed by atoms with Crippen molar-refractivity contribution in [2.24, 2.45) is 0 Å². The van der Waals surface area contributed by atoms with Gasteiger partial charge in [0, 0.05) is 20.2 Å². The summed E-state index contributed by atoms with van der Waals surface area (Å²) in [6.07, 6.45) is 1.20. The Labute approximate surface area is 78.5 Å². The number of piperidine rings is 1. The number of likely N-dealkylation sites (tertiary alicyclic amines) is 1. The summed E-state index contributed by atoms with van der Waals surface area (Å²) in [5, 5.41) is 9.10. The second-order valence-corrected chi connectivity index (χ2v) is 3.46. The van der Waals surface area contributed by atoms with Crippen molar-refractivity contribution < 1.29 is 14.6 Å². The van der Waals surface area contributed by atoms with Gasteiger partial charge in [0.15, 0.2) is 0 Å². The second kappa shape index (κ2) is 4.58. The Morgan fingerprint density at radius 3 is 2.92 bits per heavy atom. The second-order valence-electron chi connectivity index (χ2n) is 3.46. The third-order valence-electron chi connectivity index (χ3n) is 2.38. The third-order valence-corrected chi connectivity index (χ3v) is 2.38. The van der Waals surface area contributed by atoms with Crippen LogP contribution in [0.3, 0.4) is 0 Å². The minimum absolute atomic E-state index is 0.136. The number of carbonyl (C=O) groups excluding carboxylic acids is 1. The van der Waals surface area contributed by atoms with Crippen LogP contribution >= 0.6 is 0 Å². The zero-order valence-corrected chi connectivity index (χ0v) is 8.19. The number of rotatable bonds is 2. The molecule has 0 aromatic carbocycles. The van der Waals surface area contributed by atoms with E-state index in [0.29, 0.717) is 6.54 Å². The Kier molecular flexibility index (Phi) is 3.69. The summed E-state index contributed by atoms with van der Waals surface area (Å²) < 4.78 is 5.18. The van der Waals surface area contributed by atoms with E-state index in [2.05, 4.69) is 0 Å². The van der Waals surface area contributed by atoms with Crippen molar-refractivity contribution in [2.45, 2.75) is 32.0 Å². The van der Waals surface area contributed by atoms with Crippen molar-refractivity contribution in [1.29, 1.82) is 0 Å². The molecule has 1 saturated heterocycles. The molecule has 4 heteroatoms. The molecule has 0 aliphatic carbocycles. The summed E-state index contributed by atoms with van der Waals surface area (Å²) in [4.78, 5) is 13.0. The van der Waals surface area contributed by atoms with Gasteiger partial charge in [0.2, 0.25) is 0 Å². The lowest BCUT2D eigenvalue weighted by Gasteiger charge is -2.32. The molecule has 1 heterocycles. The van der Waals surface area contributed by atoms with Gasteiger partial charge in [0.25, 0.3) is 5.91 Å². The number of hydrogen-bond donors (Lipinski definition) is 1. The van der Waals surface area contributed by atoms with Crippen LogP contribution in [0.25, 0.3) is 0 Å². The molecule has 0 bridgehead atoms. The predicted octanol–water partition coefficient (Wildman–Crippen LogP) is 0.00460. The van der Waals surface area contributed by atoms with E-state index >= 15 is 0 Å². The van der Waals surface area contributed by atoms with Crippen LogP contribution in [0.1, 0.15) is 19.8 Å². The smallest absolute Gasteiger partial charge is 0.251 e. The largest absolute Gasteiger partial charge is 0.384 e. The van der Waals surface area contributed by atoms with Crippen LogP contribution in [0.15, 0.2) is 0 Å². The molecule has 1 amide bonds. The molecule has 4 nitrogen and oxygen atoms in total. The zero-order chi connectivity index (χ0) is 9.84. The number of nitrogens with zero attached hydrogens (tertiary/aromatic N) is 1.